The summed E-state index contributed by atoms with van der Waals surface area (Å²) in [6.45, 7) is 1.52. The van der Waals surface area contributed by atoms with Crippen LogP contribution in [0.15, 0.2) is 12.2 Å². The Morgan fingerprint density at radius 2 is 0.873 bits per heavy atom. The lowest BCUT2D eigenvalue weighted by Crippen LogP contribution is -2.66. The van der Waals surface area contributed by atoms with E-state index in [9.17, 15) is 61.0 Å². The van der Waals surface area contributed by atoms with Gasteiger partial charge in [0, 0.05) is 6.42 Å². The number of allylic oxidation sites excluding steroid dienone is 1. The van der Waals surface area contributed by atoms with Crippen LogP contribution in [-0.4, -0.2) is 193 Å². The minimum atomic E-state index is -1.97. The van der Waals surface area contributed by atoms with Crippen LogP contribution >= 0.6 is 0 Å². The Labute approximate surface area is 423 Å². The smallest absolute Gasteiger partial charge is 0.220 e. The van der Waals surface area contributed by atoms with Crippen LogP contribution in [0.2, 0.25) is 0 Å². The second kappa shape index (κ2) is 37.3. The molecule has 1 amide bonds. The normalized spacial score (nSPS) is 32.3. The highest BCUT2D eigenvalue weighted by atomic mass is 16.8. The van der Waals surface area contributed by atoms with Gasteiger partial charge in [0.1, 0.15) is 73.2 Å². The van der Waals surface area contributed by atoms with Gasteiger partial charge in [-0.3, -0.25) is 4.79 Å². The summed E-state index contributed by atoms with van der Waals surface area (Å²) < 4.78 is 34.0. The lowest BCUT2D eigenvalue weighted by Gasteiger charge is -2.48. The molecule has 0 bridgehead atoms. The molecular formula is C52H97NO18. The van der Waals surface area contributed by atoms with Gasteiger partial charge in [-0.1, -0.05) is 167 Å². The van der Waals surface area contributed by atoms with E-state index in [1.54, 1.807) is 6.08 Å². The Hall–Kier alpha value is -1.47. The van der Waals surface area contributed by atoms with Gasteiger partial charge in [-0.2, -0.15) is 0 Å². The molecule has 3 heterocycles. The summed E-state index contributed by atoms with van der Waals surface area (Å²) >= 11 is 0. The zero-order valence-corrected chi connectivity index (χ0v) is 43.0. The van der Waals surface area contributed by atoms with Crippen LogP contribution in [0.1, 0.15) is 181 Å². The molecule has 19 heteroatoms. The van der Waals surface area contributed by atoms with E-state index in [-0.39, 0.29) is 18.9 Å². The Morgan fingerprint density at radius 1 is 0.493 bits per heavy atom. The fourth-order valence-corrected chi connectivity index (χ4v) is 9.48. The van der Waals surface area contributed by atoms with E-state index in [0.29, 0.717) is 6.42 Å². The molecule has 0 aromatic heterocycles. The Balaban J connectivity index is 1.41. The second-order valence-corrected chi connectivity index (χ2v) is 20.1. The van der Waals surface area contributed by atoms with E-state index in [2.05, 4.69) is 12.2 Å². The number of amides is 1. The average molecular weight is 1020 g/mol. The minimum absolute atomic E-state index is 0.231. The maximum atomic E-state index is 12.9. The van der Waals surface area contributed by atoms with Gasteiger partial charge in [0.2, 0.25) is 5.91 Å². The number of hydrogen-bond acceptors (Lipinski definition) is 18. The maximum Gasteiger partial charge on any atom is 0.220 e. The fourth-order valence-electron chi connectivity index (χ4n) is 9.48. The summed E-state index contributed by atoms with van der Waals surface area (Å²) in [4.78, 5) is 12.9. The first-order valence-electron chi connectivity index (χ1n) is 27.4. The van der Waals surface area contributed by atoms with Gasteiger partial charge in [0.15, 0.2) is 18.9 Å². The first kappa shape index (κ1) is 63.8. The highest BCUT2D eigenvalue weighted by Gasteiger charge is 2.53. The van der Waals surface area contributed by atoms with Crippen molar-refractivity contribution in [3.8, 4) is 0 Å². The van der Waals surface area contributed by atoms with Crippen LogP contribution < -0.4 is 5.32 Å². The van der Waals surface area contributed by atoms with Crippen LogP contribution in [0.3, 0.4) is 0 Å². The number of hydrogen-bond donors (Lipinski definition) is 12. The first-order valence-corrected chi connectivity index (χ1v) is 27.4. The van der Waals surface area contributed by atoms with Gasteiger partial charge >= 0.3 is 0 Å². The molecule has 3 saturated heterocycles. The van der Waals surface area contributed by atoms with Gasteiger partial charge in [0.25, 0.3) is 0 Å². The van der Waals surface area contributed by atoms with Crippen molar-refractivity contribution in [2.45, 2.75) is 285 Å². The van der Waals surface area contributed by atoms with Crippen molar-refractivity contribution in [1.82, 2.24) is 5.32 Å². The summed E-state index contributed by atoms with van der Waals surface area (Å²) in [6, 6.07) is -0.963. The third-order valence-electron chi connectivity index (χ3n) is 14.1. The molecule has 0 saturated carbocycles. The summed E-state index contributed by atoms with van der Waals surface area (Å²) in [5.41, 5.74) is 0. The van der Waals surface area contributed by atoms with Crippen LogP contribution in [0.5, 0.6) is 0 Å². The molecule has 17 atom stereocenters. The molecular weight excluding hydrogens is 927 g/mol. The number of nitrogens with one attached hydrogen (secondary N) is 1. The number of unbranched alkanes of at least 4 members (excludes halogenated alkanes) is 23. The van der Waals surface area contributed by atoms with Crippen LogP contribution in [0.25, 0.3) is 0 Å². The zero-order chi connectivity index (χ0) is 52.0. The number of aliphatic hydroxyl groups is 11. The van der Waals surface area contributed by atoms with E-state index in [1.807, 2.05) is 13.0 Å². The van der Waals surface area contributed by atoms with E-state index in [4.69, 9.17) is 28.4 Å². The van der Waals surface area contributed by atoms with E-state index in [0.717, 1.165) is 38.5 Å². The van der Waals surface area contributed by atoms with Gasteiger partial charge in [-0.25, -0.2) is 0 Å². The summed E-state index contributed by atoms with van der Waals surface area (Å²) in [6.07, 6.45) is 7.64. The van der Waals surface area contributed by atoms with Crippen molar-refractivity contribution < 1.29 is 89.4 Å². The first-order chi connectivity index (χ1) is 34.3. The predicted octanol–water partition coefficient (Wildman–Crippen LogP) is 3.04. The molecule has 17 unspecified atom stereocenters. The number of rotatable bonds is 39. The fraction of sp³-hybridized carbons (Fsp3) is 0.942. The second-order valence-electron chi connectivity index (χ2n) is 20.1. The van der Waals surface area contributed by atoms with Gasteiger partial charge in [-0.15, -0.1) is 0 Å². The molecule has 0 spiro atoms. The number of carbonyl (C=O) groups is 1. The third-order valence-corrected chi connectivity index (χ3v) is 14.1. The Bertz CT molecular complexity index is 1360. The maximum absolute atomic E-state index is 12.9. The summed E-state index contributed by atoms with van der Waals surface area (Å²) in [5, 5.41) is 119. The lowest BCUT2D eigenvalue weighted by atomic mass is 9.96. The number of ether oxygens (including phenoxy) is 6. The van der Waals surface area contributed by atoms with Crippen LogP contribution in [0.4, 0.5) is 0 Å². The monoisotopic (exact) mass is 1020 g/mol. The molecule has 12 N–H and O–H groups in total. The highest BCUT2D eigenvalue weighted by Crippen LogP contribution is 2.33. The number of carbonyl (C=O) groups excluding carboxylic acids is 1. The zero-order valence-electron chi connectivity index (χ0n) is 43.0. The minimum Gasteiger partial charge on any atom is -0.394 e. The van der Waals surface area contributed by atoms with Crippen molar-refractivity contribution >= 4 is 5.91 Å². The van der Waals surface area contributed by atoms with Crippen molar-refractivity contribution in [3.05, 3.63) is 12.2 Å². The Kier molecular flexibility index (Phi) is 33.5. The van der Waals surface area contributed by atoms with E-state index >= 15 is 0 Å². The van der Waals surface area contributed by atoms with Crippen molar-refractivity contribution in [2.24, 2.45) is 0 Å². The highest BCUT2D eigenvalue weighted by molar-refractivity contribution is 5.76. The molecule has 0 aromatic carbocycles. The average Bonchev–Trinajstić information content (AvgIpc) is 3.36. The van der Waals surface area contributed by atoms with Gasteiger partial charge in [0.05, 0.1) is 38.6 Å². The Morgan fingerprint density at radius 3 is 1.32 bits per heavy atom. The molecule has 0 aromatic rings. The van der Waals surface area contributed by atoms with E-state index < -0.39 is 124 Å². The summed E-state index contributed by atoms with van der Waals surface area (Å²) in [5.74, 6) is -0.300. The quantitative estimate of drug-likeness (QED) is 0.0311. The molecule has 3 aliphatic heterocycles. The molecule has 19 nitrogen and oxygen atoms in total. The van der Waals surface area contributed by atoms with E-state index in [1.165, 1.54) is 116 Å². The molecule has 0 radical (unpaired) electrons. The largest absolute Gasteiger partial charge is 0.394 e. The summed E-state index contributed by atoms with van der Waals surface area (Å²) in [7, 11) is 0. The molecule has 418 valence electrons. The third kappa shape index (κ3) is 22.7. The van der Waals surface area contributed by atoms with Gasteiger partial charge < -0.3 is 89.9 Å². The van der Waals surface area contributed by atoms with Crippen molar-refractivity contribution in [3.63, 3.8) is 0 Å². The lowest BCUT2D eigenvalue weighted by molar-refractivity contribution is -0.379. The molecule has 3 rings (SSSR count). The van der Waals surface area contributed by atoms with Crippen LogP contribution in [-0.2, 0) is 33.2 Å². The van der Waals surface area contributed by atoms with Crippen molar-refractivity contribution in [2.75, 3.05) is 26.4 Å². The molecule has 71 heavy (non-hydrogen) atoms. The predicted molar refractivity (Wildman–Crippen MR) is 263 cm³/mol. The van der Waals surface area contributed by atoms with Gasteiger partial charge in [-0.05, 0) is 19.3 Å². The van der Waals surface area contributed by atoms with Crippen molar-refractivity contribution in [1.29, 1.82) is 0 Å². The topological polar surface area (TPSA) is 307 Å². The molecule has 3 fully saturated rings. The SMILES string of the molecule is CCCCCCCCCCCCCCCCCCCCCCC/C=C/C(O)C(COC1OC(CO)C(OC2OC(CO)C(OC3OC(CO)C(O)C(O)C3O)C(O)C2O)C(O)C1O)NC(=O)CCCCC. The molecule has 0 aliphatic carbocycles. The van der Waals surface area contributed by atoms with Crippen LogP contribution in [0, 0.1) is 0 Å². The number of aliphatic hydroxyl groups excluding tert-OH is 11. The molecule has 3 aliphatic rings. The standard InChI is InChI=1S/C52H97NO18/c1-3-5-7-8-9-10-11-12-13-14-15-16-17-18-19-20-21-22-23-24-25-26-28-29-36(57)35(53-40(58)30-27-6-4-2)34-66-50-46(64)43(61)48(38(32-55)68-50)71-52-47(65)44(62)49(39(33-56)69-52)70-51-45(63)42(60)41(59)37(31-54)67-51/h28-29,35-39,41-52,54-57,59-65H,3-27,30-34H2,1-2H3,(H,53,58)/b29-28+.